The molecule has 1 atom stereocenters. The summed E-state index contributed by atoms with van der Waals surface area (Å²) >= 11 is 0. The monoisotopic (exact) mass is 351 g/mol. The van der Waals surface area contributed by atoms with Gasteiger partial charge in [0.2, 0.25) is 0 Å². The maximum absolute atomic E-state index is 12.2. The van der Waals surface area contributed by atoms with E-state index in [-0.39, 0.29) is 24.6 Å². The fourth-order valence-corrected chi connectivity index (χ4v) is 2.43. The number of esters is 1. The zero-order valence-corrected chi connectivity index (χ0v) is 14.0. The molecule has 0 bridgehead atoms. The van der Waals surface area contributed by atoms with Crippen molar-refractivity contribution < 1.29 is 24.0 Å². The quantitative estimate of drug-likeness (QED) is 0.446. The van der Waals surface area contributed by atoms with Gasteiger partial charge in [0.25, 0.3) is 11.6 Å². The molecular formula is C16H21N3O6. The van der Waals surface area contributed by atoms with Gasteiger partial charge >= 0.3 is 5.97 Å². The molecular weight excluding hydrogens is 330 g/mol. The molecule has 1 aliphatic heterocycles. The Kier molecular flexibility index (Phi) is 6.70. The lowest BCUT2D eigenvalue weighted by Crippen LogP contribution is -2.46. The number of nitrogens with one attached hydrogen (secondary N) is 1. The van der Waals surface area contributed by atoms with Crippen molar-refractivity contribution in [2.75, 3.05) is 38.2 Å². The van der Waals surface area contributed by atoms with E-state index in [1.165, 1.54) is 13.0 Å². The number of nitro benzene ring substituents is 1. The van der Waals surface area contributed by atoms with Gasteiger partial charge in [-0.15, -0.1) is 0 Å². The Balaban J connectivity index is 1.77. The number of rotatable bonds is 7. The number of ether oxygens (including phenoxy) is 2. The molecule has 1 saturated heterocycles. The minimum atomic E-state index is -0.864. The summed E-state index contributed by atoms with van der Waals surface area (Å²) in [6, 6.07) is 6.17. The fraction of sp³-hybridized carbons (Fsp3) is 0.500. The van der Waals surface area contributed by atoms with Crippen molar-refractivity contribution in [2.45, 2.75) is 19.4 Å². The molecule has 1 N–H and O–H groups in total. The van der Waals surface area contributed by atoms with Crippen LogP contribution < -0.4 is 5.32 Å². The molecule has 25 heavy (non-hydrogen) atoms. The van der Waals surface area contributed by atoms with Gasteiger partial charge in [0, 0.05) is 25.7 Å². The Morgan fingerprint density at radius 1 is 1.36 bits per heavy atom. The third-order valence-corrected chi connectivity index (χ3v) is 3.72. The highest BCUT2D eigenvalue weighted by atomic mass is 16.6. The van der Waals surface area contributed by atoms with Gasteiger partial charge in [-0.1, -0.05) is 12.1 Å². The highest BCUT2D eigenvalue weighted by Crippen LogP contribution is 2.22. The number of carbonyl (C=O) groups is 2. The van der Waals surface area contributed by atoms with Crippen LogP contribution in [0.1, 0.15) is 13.3 Å². The molecule has 9 heteroatoms. The molecule has 1 heterocycles. The van der Waals surface area contributed by atoms with Gasteiger partial charge < -0.3 is 19.7 Å². The van der Waals surface area contributed by atoms with Crippen LogP contribution in [0.4, 0.5) is 11.4 Å². The van der Waals surface area contributed by atoms with Gasteiger partial charge in [0.1, 0.15) is 5.69 Å². The summed E-state index contributed by atoms with van der Waals surface area (Å²) in [5, 5.41) is 13.7. The highest BCUT2D eigenvalue weighted by molar-refractivity contribution is 5.83. The van der Waals surface area contributed by atoms with Crippen molar-refractivity contribution in [3.05, 3.63) is 34.4 Å². The zero-order chi connectivity index (χ0) is 18.2. The number of hydrogen-bond acceptors (Lipinski definition) is 7. The zero-order valence-electron chi connectivity index (χ0n) is 14.0. The van der Waals surface area contributed by atoms with Gasteiger partial charge in [-0.3, -0.25) is 19.7 Å². The average Bonchev–Trinajstić information content (AvgIpc) is 2.62. The van der Waals surface area contributed by atoms with Crippen molar-refractivity contribution in [3.8, 4) is 0 Å². The molecule has 1 aromatic rings. The first kappa shape index (κ1) is 18.7. The molecule has 1 amide bonds. The molecule has 1 fully saturated rings. The molecule has 9 nitrogen and oxygen atoms in total. The first-order valence-electron chi connectivity index (χ1n) is 8.02. The Bertz CT molecular complexity index is 630. The molecule has 0 radical (unpaired) electrons. The van der Waals surface area contributed by atoms with Crippen LogP contribution in [0, 0.1) is 10.1 Å². The van der Waals surface area contributed by atoms with Gasteiger partial charge in [0.05, 0.1) is 24.6 Å². The summed E-state index contributed by atoms with van der Waals surface area (Å²) in [6.07, 6.45) is -0.871. The Hall–Kier alpha value is -2.68. The molecule has 1 aromatic carbocycles. The number of hydrogen-bond donors (Lipinski definition) is 1. The summed E-state index contributed by atoms with van der Waals surface area (Å²) in [4.78, 5) is 36.0. The predicted octanol–water partition coefficient (Wildman–Crippen LogP) is 1.19. The summed E-state index contributed by atoms with van der Waals surface area (Å²) in [5.41, 5.74) is 0.268. The molecule has 0 saturated carbocycles. The van der Waals surface area contributed by atoms with Crippen molar-refractivity contribution in [1.82, 2.24) is 4.90 Å². The third kappa shape index (κ3) is 5.42. The van der Waals surface area contributed by atoms with E-state index < -0.39 is 17.0 Å². The second-order valence-electron chi connectivity index (χ2n) is 5.52. The maximum Gasteiger partial charge on any atom is 0.308 e. The number of anilines is 1. The second kappa shape index (κ2) is 8.97. The number of nitrogens with zero attached hydrogens (tertiary/aromatic N) is 2. The lowest BCUT2D eigenvalue weighted by Gasteiger charge is -2.28. The van der Waals surface area contributed by atoms with E-state index in [1.54, 1.807) is 23.1 Å². The van der Waals surface area contributed by atoms with Crippen LogP contribution in [0.25, 0.3) is 0 Å². The SMILES string of the molecule is CC(OC(=O)CCNc1ccccc1[N+](=O)[O-])C(=O)N1CCOCC1. The van der Waals surface area contributed by atoms with Gasteiger partial charge in [-0.2, -0.15) is 0 Å². The van der Waals surface area contributed by atoms with E-state index in [4.69, 9.17) is 9.47 Å². The van der Waals surface area contributed by atoms with E-state index in [0.717, 1.165) is 0 Å². The normalized spacial score (nSPS) is 15.3. The molecule has 2 rings (SSSR count). The van der Waals surface area contributed by atoms with Crippen molar-refractivity contribution in [1.29, 1.82) is 0 Å². The summed E-state index contributed by atoms with van der Waals surface area (Å²) in [5.74, 6) is -0.788. The predicted molar refractivity (Wildman–Crippen MR) is 89.2 cm³/mol. The summed E-state index contributed by atoms with van der Waals surface area (Å²) < 4.78 is 10.3. The molecule has 136 valence electrons. The van der Waals surface area contributed by atoms with Crippen LogP contribution in [0.3, 0.4) is 0 Å². The number of carbonyl (C=O) groups excluding carboxylic acids is 2. The summed E-state index contributed by atoms with van der Waals surface area (Å²) in [6.45, 7) is 3.63. The smallest absolute Gasteiger partial charge is 0.308 e. The highest BCUT2D eigenvalue weighted by Gasteiger charge is 2.25. The van der Waals surface area contributed by atoms with Crippen LogP contribution in [-0.4, -0.2) is 60.7 Å². The van der Waals surface area contributed by atoms with E-state index in [1.807, 2.05) is 0 Å². The Morgan fingerprint density at radius 2 is 2.04 bits per heavy atom. The average molecular weight is 351 g/mol. The molecule has 1 unspecified atom stereocenters. The van der Waals surface area contributed by atoms with Crippen LogP contribution >= 0.6 is 0 Å². The minimum Gasteiger partial charge on any atom is -0.452 e. The lowest BCUT2D eigenvalue weighted by atomic mass is 10.2. The van der Waals surface area contributed by atoms with Crippen LogP contribution in [0.2, 0.25) is 0 Å². The number of amides is 1. The third-order valence-electron chi connectivity index (χ3n) is 3.72. The Morgan fingerprint density at radius 3 is 2.72 bits per heavy atom. The molecule has 1 aliphatic rings. The van der Waals surface area contributed by atoms with Crippen LogP contribution in [0.5, 0.6) is 0 Å². The van der Waals surface area contributed by atoms with Crippen molar-refractivity contribution in [2.24, 2.45) is 0 Å². The largest absolute Gasteiger partial charge is 0.452 e. The number of benzene rings is 1. The van der Waals surface area contributed by atoms with Gasteiger partial charge in [-0.05, 0) is 13.0 Å². The van der Waals surface area contributed by atoms with E-state index in [0.29, 0.717) is 32.0 Å². The van der Waals surface area contributed by atoms with Crippen molar-refractivity contribution >= 4 is 23.3 Å². The van der Waals surface area contributed by atoms with Crippen molar-refractivity contribution in [3.63, 3.8) is 0 Å². The topological polar surface area (TPSA) is 111 Å². The van der Waals surface area contributed by atoms with Crippen LogP contribution in [0.15, 0.2) is 24.3 Å². The van der Waals surface area contributed by atoms with E-state index in [9.17, 15) is 19.7 Å². The first-order chi connectivity index (χ1) is 12.0. The molecule has 0 aromatic heterocycles. The van der Waals surface area contributed by atoms with Gasteiger partial charge in [0.15, 0.2) is 6.10 Å². The number of morpholine rings is 1. The number of para-hydroxylation sites is 2. The second-order valence-corrected chi connectivity index (χ2v) is 5.52. The fourth-order valence-electron chi connectivity index (χ4n) is 2.43. The molecule has 0 spiro atoms. The van der Waals surface area contributed by atoms with Gasteiger partial charge in [-0.25, -0.2) is 0 Å². The maximum atomic E-state index is 12.2. The summed E-state index contributed by atoms with van der Waals surface area (Å²) in [7, 11) is 0. The number of nitro groups is 1. The lowest BCUT2D eigenvalue weighted by molar-refractivity contribution is -0.384. The van der Waals surface area contributed by atoms with E-state index in [2.05, 4.69) is 5.32 Å². The molecule has 0 aliphatic carbocycles. The first-order valence-corrected chi connectivity index (χ1v) is 8.02. The van der Waals surface area contributed by atoms with Crippen LogP contribution in [-0.2, 0) is 19.1 Å². The Labute approximate surface area is 145 Å². The minimum absolute atomic E-state index is 0.00716. The standard InChI is InChI=1S/C16H21N3O6/c1-12(16(21)18-8-10-24-11-9-18)25-15(20)6-7-17-13-4-2-3-5-14(13)19(22)23/h2-5,12,17H,6-11H2,1H3. The van der Waals surface area contributed by atoms with E-state index >= 15 is 0 Å².